The molecule has 0 saturated carbocycles. The lowest BCUT2D eigenvalue weighted by atomic mass is 10.0. The molecule has 19 heavy (non-hydrogen) atoms. The number of alkyl halides is 3. The molecule has 5 nitrogen and oxygen atoms in total. The Morgan fingerprint density at radius 1 is 1.42 bits per heavy atom. The summed E-state index contributed by atoms with van der Waals surface area (Å²) in [7, 11) is 0. The summed E-state index contributed by atoms with van der Waals surface area (Å²) >= 11 is 5.51. The average molecular weight is 297 g/mol. The van der Waals surface area contributed by atoms with Crippen molar-refractivity contribution in [1.29, 1.82) is 0 Å². The number of primary amides is 1. The molecule has 3 N–H and O–H groups in total. The number of amides is 1. The molecule has 0 atom stereocenters. The quantitative estimate of drug-likeness (QED) is 0.835. The van der Waals surface area contributed by atoms with Crippen molar-refractivity contribution in [3.8, 4) is 0 Å². The monoisotopic (exact) mass is 296 g/mol. The summed E-state index contributed by atoms with van der Waals surface area (Å²) in [4.78, 5) is 17.2. The van der Waals surface area contributed by atoms with Crippen LogP contribution >= 0.6 is 11.6 Å². The van der Waals surface area contributed by atoms with E-state index in [1.54, 1.807) is 13.8 Å². The van der Waals surface area contributed by atoms with Gasteiger partial charge >= 0.3 is 6.18 Å². The summed E-state index contributed by atoms with van der Waals surface area (Å²) in [5.41, 5.74) is 4.19. The Morgan fingerprint density at radius 3 is 2.47 bits per heavy atom. The first-order chi connectivity index (χ1) is 8.49. The Morgan fingerprint density at radius 2 is 2.00 bits per heavy atom. The molecule has 0 saturated heterocycles. The number of rotatable bonds is 4. The van der Waals surface area contributed by atoms with Gasteiger partial charge in [0.25, 0.3) is 0 Å². The highest BCUT2D eigenvalue weighted by Crippen LogP contribution is 2.29. The highest BCUT2D eigenvalue weighted by atomic mass is 35.5. The molecule has 0 bridgehead atoms. The standard InChI is InChI=1S/C10H12ClF3N4O/c1-9(2,4-6(15)19)18-7-3-5(11)16-8(17-7)10(12,13)14/h3H,4H2,1-2H3,(H2,15,19)(H,16,17,18). The van der Waals surface area contributed by atoms with E-state index in [1.807, 2.05) is 0 Å². The molecule has 1 heterocycles. The minimum absolute atomic E-state index is 0.0734. The van der Waals surface area contributed by atoms with Crippen molar-refractivity contribution in [2.75, 3.05) is 5.32 Å². The van der Waals surface area contributed by atoms with Gasteiger partial charge in [-0.05, 0) is 13.8 Å². The number of anilines is 1. The predicted molar refractivity (Wildman–Crippen MR) is 63.6 cm³/mol. The molecule has 1 amide bonds. The SMILES string of the molecule is CC(C)(CC(N)=O)Nc1cc(Cl)nc(C(F)(F)F)n1. The number of aromatic nitrogens is 2. The van der Waals surface area contributed by atoms with E-state index in [1.165, 1.54) is 0 Å². The van der Waals surface area contributed by atoms with E-state index in [2.05, 4.69) is 15.3 Å². The molecule has 1 aromatic heterocycles. The maximum absolute atomic E-state index is 12.5. The van der Waals surface area contributed by atoms with Gasteiger partial charge in [-0.3, -0.25) is 4.79 Å². The van der Waals surface area contributed by atoms with Crippen molar-refractivity contribution in [2.24, 2.45) is 5.73 Å². The minimum Gasteiger partial charge on any atom is -0.370 e. The van der Waals surface area contributed by atoms with Crippen molar-refractivity contribution in [3.05, 3.63) is 17.0 Å². The Hall–Kier alpha value is -1.57. The molecular weight excluding hydrogens is 285 g/mol. The van der Waals surface area contributed by atoms with E-state index in [-0.39, 0.29) is 17.4 Å². The molecule has 9 heteroatoms. The zero-order chi connectivity index (χ0) is 14.8. The highest BCUT2D eigenvalue weighted by molar-refractivity contribution is 6.29. The zero-order valence-electron chi connectivity index (χ0n) is 10.2. The first-order valence-corrected chi connectivity index (χ1v) is 5.56. The summed E-state index contributed by atoms with van der Waals surface area (Å²) < 4.78 is 37.5. The van der Waals surface area contributed by atoms with Crippen LogP contribution < -0.4 is 11.1 Å². The fourth-order valence-corrected chi connectivity index (χ4v) is 1.62. The number of carbonyl (C=O) groups is 1. The lowest BCUT2D eigenvalue weighted by Crippen LogP contribution is -2.36. The molecule has 0 unspecified atom stereocenters. The number of hydrogen-bond acceptors (Lipinski definition) is 4. The van der Waals surface area contributed by atoms with Crippen LogP contribution in [0.1, 0.15) is 26.1 Å². The molecule has 0 aliphatic carbocycles. The van der Waals surface area contributed by atoms with Gasteiger partial charge in [0.2, 0.25) is 11.7 Å². The summed E-state index contributed by atoms with van der Waals surface area (Å²) in [5.74, 6) is -2.07. The number of halogens is 4. The van der Waals surface area contributed by atoms with Crippen LogP contribution in [0.4, 0.5) is 19.0 Å². The van der Waals surface area contributed by atoms with Crippen LogP contribution in [0.25, 0.3) is 0 Å². The second kappa shape index (κ2) is 5.20. The summed E-state index contributed by atoms with van der Waals surface area (Å²) in [6, 6.07) is 1.14. The van der Waals surface area contributed by atoms with Crippen molar-refractivity contribution >= 4 is 23.3 Å². The van der Waals surface area contributed by atoms with Gasteiger partial charge in [0.05, 0.1) is 0 Å². The summed E-state index contributed by atoms with van der Waals surface area (Å²) in [6.45, 7) is 3.20. The maximum Gasteiger partial charge on any atom is 0.451 e. The van der Waals surface area contributed by atoms with Gasteiger partial charge in [-0.15, -0.1) is 0 Å². The largest absolute Gasteiger partial charge is 0.451 e. The minimum atomic E-state index is -4.70. The third kappa shape index (κ3) is 4.90. The van der Waals surface area contributed by atoms with Crippen molar-refractivity contribution in [3.63, 3.8) is 0 Å². The fraction of sp³-hybridized carbons (Fsp3) is 0.500. The van der Waals surface area contributed by atoms with Gasteiger partial charge < -0.3 is 11.1 Å². The van der Waals surface area contributed by atoms with Crippen molar-refractivity contribution in [2.45, 2.75) is 32.0 Å². The number of hydrogen-bond donors (Lipinski definition) is 2. The van der Waals surface area contributed by atoms with E-state index < -0.39 is 23.4 Å². The molecule has 0 aliphatic rings. The van der Waals surface area contributed by atoms with Crippen LogP contribution in [-0.2, 0) is 11.0 Å². The van der Waals surface area contributed by atoms with E-state index in [0.29, 0.717) is 0 Å². The van der Waals surface area contributed by atoms with Gasteiger partial charge in [-0.25, -0.2) is 9.97 Å². The Kier molecular flexibility index (Phi) is 4.24. The smallest absolute Gasteiger partial charge is 0.370 e. The third-order valence-electron chi connectivity index (χ3n) is 2.03. The Labute approximate surface area is 112 Å². The lowest BCUT2D eigenvalue weighted by Gasteiger charge is -2.25. The van der Waals surface area contributed by atoms with Crippen LogP contribution in [0.5, 0.6) is 0 Å². The van der Waals surface area contributed by atoms with E-state index in [0.717, 1.165) is 6.07 Å². The van der Waals surface area contributed by atoms with Crippen LogP contribution in [0.3, 0.4) is 0 Å². The van der Waals surface area contributed by atoms with Crippen LogP contribution in [0.2, 0.25) is 5.15 Å². The van der Waals surface area contributed by atoms with Gasteiger partial charge in [0.15, 0.2) is 0 Å². The van der Waals surface area contributed by atoms with Crippen molar-refractivity contribution in [1.82, 2.24) is 9.97 Å². The number of carbonyl (C=O) groups excluding carboxylic acids is 1. The number of nitrogens with two attached hydrogens (primary N) is 1. The molecule has 0 spiro atoms. The van der Waals surface area contributed by atoms with Crippen LogP contribution in [0.15, 0.2) is 6.07 Å². The van der Waals surface area contributed by atoms with Gasteiger partial charge in [0, 0.05) is 18.0 Å². The molecule has 0 radical (unpaired) electrons. The first kappa shape index (κ1) is 15.5. The second-order valence-electron chi connectivity index (χ2n) is 4.55. The van der Waals surface area contributed by atoms with Crippen molar-refractivity contribution < 1.29 is 18.0 Å². The molecule has 0 aromatic carbocycles. The molecular formula is C10H12ClF3N4O. The maximum atomic E-state index is 12.5. The first-order valence-electron chi connectivity index (χ1n) is 5.18. The lowest BCUT2D eigenvalue weighted by molar-refractivity contribution is -0.144. The van der Waals surface area contributed by atoms with Gasteiger partial charge in [-0.1, -0.05) is 11.6 Å². The third-order valence-corrected chi connectivity index (χ3v) is 2.22. The normalized spacial score (nSPS) is 12.3. The summed E-state index contributed by atoms with van der Waals surface area (Å²) in [6.07, 6.45) is -4.77. The Bertz CT molecular complexity index is 490. The van der Waals surface area contributed by atoms with Gasteiger partial charge in [0.1, 0.15) is 11.0 Å². The molecule has 1 aromatic rings. The van der Waals surface area contributed by atoms with E-state index in [4.69, 9.17) is 17.3 Å². The Balaban J connectivity index is 3.02. The second-order valence-corrected chi connectivity index (χ2v) is 4.94. The molecule has 0 aliphatic heterocycles. The number of nitrogens with one attached hydrogen (secondary N) is 1. The van der Waals surface area contributed by atoms with E-state index in [9.17, 15) is 18.0 Å². The molecule has 1 rings (SSSR count). The summed E-state index contributed by atoms with van der Waals surface area (Å²) in [5, 5.41) is 2.32. The molecule has 106 valence electrons. The molecule has 0 fully saturated rings. The van der Waals surface area contributed by atoms with Crippen LogP contribution in [-0.4, -0.2) is 21.4 Å². The average Bonchev–Trinajstić information content (AvgIpc) is 2.11. The van der Waals surface area contributed by atoms with E-state index >= 15 is 0 Å². The van der Waals surface area contributed by atoms with Gasteiger partial charge in [-0.2, -0.15) is 13.2 Å². The topological polar surface area (TPSA) is 80.9 Å². The number of nitrogens with zero attached hydrogens (tertiary/aromatic N) is 2. The highest BCUT2D eigenvalue weighted by Gasteiger charge is 2.35. The fourth-order valence-electron chi connectivity index (χ4n) is 1.43. The van der Waals surface area contributed by atoms with Crippen LogP contribution in [0, 0.1) is 0 Å². The zero-order valence-corrected chi connectivity index (χ0v) is 10.9. The predicted octanol–water partition coefficient (Wildman–Crippen LogP) is 2.21.